The van der Waals surface area contributed by atoms with Gasteiger partial charge in [0.2, 0.25) is 0 Å². The summed E-state index contributed by atoms with van der Waals surface area (Å²) in [5, 5.41) is 9.97. The highest BCUT2D eigenvalue weighted by Crippen LogP contribution is 2.26. The van der Waals surface area contributed by atoms with E-state index >= 15 is 0 Å². The first-order chi connectivity index (χ1) is 8.55. The van der Waals surface area contributed by atoms with E-state index in [0.717, 1.165) is 17.0 Å². The maximum atomic E-state index is 9.97. The second-order valence-corrected chi connectivity index (χ2v) is 5.82. The lowest BCUT2D eigenvalue weighted by atomic mass is 9.88. The number of nitrogens with zero attached hydrogens (tertiary/aromatic N) is 1. The predicted molar refractivity (Wildman–Crippen MR) is 75.1 cm³/mol. The van der Waals surface area contributed by atoms with Crippen molar-refractivity contribution in [2.45, 2.75) is 51.6 Å². The van der Waals surface area contributed by atoms with Gasteiger partial charge in [-0.25, -0.2) is 0 Å². The van der Waals surface area contributed by atoms with Crippen LogP contribution in [-0.2, 0) is 5.60 Å². The van der Waals surface area contributed by atoms with E-state index in [1.165, 1.54) is 32.1 Å². The highest BCUT2D eigenvalue weighted by atomic mass is 16.3. The lowest BCUT2D eigenvalue weighted by molar-refractivity contribution is 0.0782. The molecule has 2 nitrogen and oxygen atoms in total. The molecule has 0 atom stereocenters. The van der Waals surface area contributed by atoms with Gasteiger partial charge in [0.1, 0.15) is 0 Å². The Morgan fingerprint density at radius 1 is 1.22 bits per heavy atom. The number of aromatic nitrogens is 1. The summed E-state index contributed by atoms with van der Waals surface area (Å²) in [5.74, 6) is 0.726. The molecule has 1 aromatic heterocycles. The second-order valence-electron chi connectivity index (χ2n) is 5.82. The van der Waals surface area contributed by atoms with Gasteiger partial charge >= 0.3 is 0 Å². The first-order valence-corrected chi connectivity index (χ1v) is 6.92. The molecule has 98 valence electrons. The van der Waals surface area contributed by atoms with Crippen LogP contribution in [-0.4, -0.2) is 10.1 Å². The van der Waals surface area contributed by atoms with Crippen molar-refractivity contribution in [1.29, 1.82) is 0 Å². The molecular weight excluding hydrogens is 222 g/mol. The van der Waals surface area contributed by atoms with Crippen LogP contribution in [0, 0.1) is 5.92 Å². The zero-order valence-electron chi connectivity index (χ0n) is 11.4. The van der Waals surface area contributed by atoms with Crippen LogP contribution in [0.15, 0.2) is 24.5 Å². The van der Waals surface area contributed by atoms with Gasteiger partial charge in [-0.2, -0.15) is 0 Å². The van der Waals surface area contributed by atoms with Gasteiger partial charge in [0.15, 0.2) is 0 Å². The molecule has 1 N–H and O–H groups in total. The number of pyridine rings is 1. The van der Waals surface area contributed by atoms with Crippen molar-refractivity contribution in [1.82, 2.24) is 4.98 Å². The molecule has 1 aromatic rings. The minimum atomic E-state index is -0.818. The van der Waals surface area contributed by atoms with Gasteiger partial charge in [0.25, 0.3) is 0 Å². The van der Waals surface area contributed by atoms with E-state index in [1.54, 1.807) is 20.0 Å². The van der Waals surface area contributed by atoms with Crippen molar-refractivity contribution in [3.8, 4) is 0 Å². The number of allylic oxidation sites excluding steroid dienone is 1. The van der Waals surface area contributed by atoms with E-state index in [2.05, 4.69) is 17.1 Å². The molecule has 0 bridgehead atoms. The Labute approximate surface area is 110 Å². The van der Waals surface area contributed by atoms with Crippen molar-refractivity contribution in [2.75, 3.05) is 0 Å². The molecular formula is C16H23NO. The highest BCUT2D eigenvalue weighted by Gasteiger charge is 2.16. The number of rotatable bonds is 3. The summed E-state index contributed by atoms with van der Waals surface area (Å²) in [6, 6.07) is 2.02. The molecule has 0 amide bonds. The summed E-state index contributed by atoms with van der Waals surface area (Å²) in [4.78, 5) is 4.20. The SMILES string of the molecule is CC(C)(O)c1cncc(C=CC2CCCCC2)c1. The van der Waals surface area contributed by atoms with E-state index in [0.29, 0.717) is 0 Å². The third-order valence-electron chi connectivity index (χ3n) is 3.68. The van der Waals surface area contributed by atoms with Crippen LogP contribution in [0.5, 0.6) is 0 Å². The summed E-state index contributed by atoms with van der Waals surface area (Å²) in [5.41, 5.74) is 1.13. The number of aliphatic hydroxyl groups is 1. The van der Waals surface area contributed by atoms with Crippen LogP contribution in [0.2, 0.25) is 0 Å². The molecule has 0 aromatic carbocycles. The molecule has 0 spiro atoms. The van der Waals surface area contributed by atoms with Crippen molar-refractivity contribution in [3.63, 3.8) is 0 Å². The average molecular weight is 245 g/mol. The Bertz CT molecular complexity index is 411. The van der Waals surface area contributed by atoms with Gasteiger partial charge in [-0.15, -0.1) is 0 Å². The fraction of sp³-hybridized carbons (Fsp3) is 0.562. The third kappa shape index (κ3) is 3.67. The van der Waals surface area contributed by atoms with Crippen LogP contribution in [0.1, 0.15) is 57.1 Å². The Kier molecular flexibility index (Phi) is 4.18. The second kappa shape index (κ2) is 5.66. The Hall–Kier alpha value is -1.15. The monoisotopic (exact) mass is 245 g/mol. The normalized spacial score (nSPS) is 18.4. The standard InChI is InChI=1S/C16H23NO/c1-16(2,18)15-10-14(11-17-12-15)9-8-13-6-4-3-5-7-13/h8-13,18H,3-7H2,1-2H3. The van der Waals surface area contributed by atoms with E-state index in [4.69, 9.17) is 0 Å². The zero-order chi connectivity index (χ0) is 13.0. The van der Waals surface area contributed by atoms with Crippen molar-refractivity contribution < 1.29 is 5.11 Å². The molecule has 1 aliphatic rings. The van der Waals surface area contributed by atoms with Gasteiger partial charge in [0.05, 0.1) is 5.60 Å². The van der Waals surface area contributed by atoms with Crippen LogP contribution in [0.4, 0.5) is 0 Å². The molecule has 2 heteroatoms. The lowest BCUT2D eigenvalue weighted by Crippen LogP contribution is -2.15. The largest absolute Gasteiger partial charge is 0.386 e. The first-order valence-electron chi connectivity index (χ1n) is 6.92. The van der Waals surface area contributed by atoms with Crippen LogP contribution >= 0.6 is 0 Å². The molecule has 18 heavy (non-hydrogen) atoms. The molecule has 1 aliphatic carbocycles. The summed E-state index contributed by atoms with van der Waals surface area (Å²) in [7, 11) is 0. The minimum absolute atomic E-state index is 0.726. The van der Waals surface area contributed by atoms with Gasteiger partial charge < -0.3 is 5.11 Å². The minimum Gasteiger partial charge on any atom is -0.386 e. The molecule has 0 unspecified atom stereocenters. The molecule has 1 saturated carbocycles. The summed E-state index contributed by atoms with van der Waals surface area (Å²) in [6.45, 7) is 3.58. The average Bonchev–Trinajstić information content (AvgIpc) is 2.37. The highest BCUT2D eigenvalue weighted by molar-refractivity contribution is 5.49. The molecule has 0 aliphatic heterocycles. The fourth-order valence-electron chi connectivity index (χ4n) is 2.46. The number of hydrogen-bond donors (Lipinski definition) is 1. The van der Waals surface area contributed by atoms with Crippen LogP contribution in [0.25, 0.3) is 6.08 Å². The Morgan fingerprint density at radius 3 is 2.61 bits per heavy atom. The van der Waals surface area contributed by atoms with Crippen molar-refractivity contribution >= 4 is 6.08 Å². The first kappa shape index (κ1) is 13.3. The third-order valence-corrected chi connectivity index (χ3v) is 3.68. The maximum Gasteiger partial charge on any atom is 0.0855 e. The number of hydrogen-bond acceptors (Lipinski definition) is 2. The summed E-state index contributed by atoms with van der Waals surface area (Å²) in [6.07, 6.45) is 14.8. The smallest absolute Gasteiger partial charge is 0.0855 e. The predicted octanol–water partition coefficient (Wildman–Crippen LogP) is 3.90. The van der Waals surface area contributed by atoms with Gasteiger partial charge in [-0.3, -0.25) is 4.98 Å². The molecule has 2 rings (SSSR count). The summed E-state index contributed by atoms with van der Waals surface area (Å²) < 4.78 is 0. The molecule has 1 heterocycles. The molecule has 0 radical (unpaired) electrons. The fourth-order valence-corrected chi connectivity index (χ4v) is 2.46. The molecule has 0 saturated heterocycles. The van der Waals surface area contributed by atoms with Gasteiger partial charge in [-0.1, -0.05) is 31.4 Å². The quantitative estimate of drug-likeness (QED) is 0.876. The van der Waals surface area contributed by atoms with E-state index < -0.39 is 5.60 Å². The van der Waals surface area contributed by atoms with Gasteiger partial charge in [0, 0.05) is 18.0 Å². The van der Waals surface area contributed by atoms with E-state index in [1.807, 2.05) is 12.3 Å². The van der Waals surface area contributed by atoms with E-state index in [-0.39, 0.29) is 0 Å². The van der Waals surface area contributed by atoms with E-state index in [9.17, 15) is 5.11 Å². The van der Waals surface area contributed by atoms with Crippen molar-refractivity contribution in [2.24, 2.45) is 5.92 Å². The van der Waals surface area contributed by atoms with Crippen LogP contribution < -0.4 is 0 Å². The molecule has 1 fully saturated rings. The lowest BCUT2D eigenvalue weighted by Gasteiger charge is -2.18. The van der Waals surface area contributed by atoms with Crippen molar-refractivity contribution in [3.05, 3.63) is 35.7 Å². The summed E-state index contributed by atoms with van der Waals surface area (Å²) >= 11 is 0. The Morgan fingerprint density at radius 2 is 1.94 bits per heavy atom. The topological polar surface area (TPSA) is 33.1 Å². The maximum absolute atomic E-state index is 9.97. The van der Waals surface area contributed by atoms with Gasteiger partial charge in [-0.05, 0) is 44.2 Å². The Balaban J connectivity index is 2.07. The zero-order valence-corrected chi connectivity index (χ0v) is 11.4. The van der Waals surface area contributed by atoms with Crippen LogP contribution in [0.3, 0.4) is 0 Å².